The van der Waals surface area contributed by atoms with Gasteiger partial charge in [0, 0.05) is 40.2 Å². The third-order valence-electron chi connectivity index (χ3n) is 4.01. The number of aryl methyl sites for hydroxylation is 1. The van der Waals surface area contributed by atoms with Gasteiger partial charge < -0.3 is 10.3 Å². The van der Waals surface area contributed by atoms with Crippen LogP contribution in [0, 0.1) is 6.92 Å². The maximum Gasteiger partial charge on any atom is 0.0901 e. The average molecular weight is 295 g/mol. The molecule has 4 rings (SSSR count). The zero-order valence-corrected chi connectivity index (χ0v) is 12.8. The summed E-state index contributed by atoms with van der Waals surface area (Å²) < 4.78 is 0. The van der Waals surface area contributed by atoms with Gasteiger partial charge in [-0.05, 0) is 37.6 Å². The van der Waals surface area contributed by atoms with Gasteiger partial charge >= 0.3 is 0 Å². The SMILES string of the molecule is Cc1nc(-c2ccc3[nH]cc(C4=CCNCC4)c3c2)cs1. The minimum absolute atomic E-state index is 0.965. The van der Waals surface area contributed by atoms with E-state index in [1.165, 1.54) is 27.6 Å². The van der Waals surface area contributed by atoms with E-state index in [0.717, 1.165) is 30.2 Å². The topological polar surface area (TPSA) is 40.7 Å². The molecule has 1 aliphatic rings. The lowest BCUT2D eigenvalue weighted by molar-refractivity contribution is 0.739. The van der Waals surface area contributed by atoms with Gasteiger partial charge in [0.15, 0.2) is 0 Å². The second-order valence-corrected chi connectivity index (χ2v) is 6.46. The Morgan fingerprint density at radius 3 is 3.00 bits per heavy atom. The molecular formula is C17H17N3S. The monoisotopic (exact) mass is 295 g/mol. The van der Waals surface area contributed by atoms with Gasteiger partial charge in [-0.25, -0.2) is 4.98 Å². The molecule has 4 heteroatoms. The molecule has 0 radical (unpaired) electrons. The molecule has 3 nitrogen and oxygen atoms in total. The van der Waals surface area contributed by atoms with Gasteiger partial charge in [0.2, 0.25) is 0 Å². The minimum atomic E-state index is 0.965. The molecule has 0 amide bonds. The fourth-order valence-corrected chi connectivity index (χ4v) is 3.53. The molecule has 0 unspecified atom stereocenters. The van der Waals surface area contributed by atoms with Gasteiger partial charge in [-0.1, -0.05) is 12.1 Å². The van der Waals surface area contributed by atoms with Crippen LogP contribution in [0.5, 0.6) is 0 Å². The van der Waals surface area contributed by atoms with Crippen molar-refractivity contribution in [1.29, 1.82) is 0 Å². The van der Waals surface area contributed by atoms with E-state index in [9.17, 15) is 0 Å². The molecule has 0 saturated carbocycles. The summed E-state index contributed by atoms with van der Waals surface area (Å²) in [5, 5.41) is 7.91. The van der Waals surface area contributed by atoms with Crippen molar-refractivity contribution >= 4 is 27.8 Å². The summed E-state index contributed by atoms with van der Waals surface area (Å²) in [6.07, 6.45) is 5.52. The molecule has 3 aromatic rings. The molecule has 0 bridgehead atoms. The zero-order valence-electron chi connectivity index (χ0n) is 11.9. The maximum atomic E-state index is 4.60. The van der Waals surface area contributed by atoms with Crippen molar-refractivity contribution < 1.29 is 0 Å². The molecule has 1 aliphatic heterocycles. The lowest BCUT2D eigenvalue weighted by atomic mass is 9.98. The van der Waals surface area contributed by atoms with Crippen molar-refractivity contribution in [2.75, 3.05) is 13.1 Å². The summed E-state index contributed by atoms with van der Waals surface area (Å²) in [5.41, 5.74) is 6.24. The summed E-state index contributed by atoms with van der Waals surface area (Å²) in [6, 6.07) is 6.57. The summed E-state index contributed by atoms with van der Waals surface area (Å²) in [5.74, 6) is 0. The molecule has 1 aromatic carbocycles. The molecular weight excluding hydrogens is 278 g/mol. The Kier molecular flexibility index (Phi) is 3.13. The lowest BCUT2D eigenvalue weighted by Gasteiger charge is -2.13. The smallest absolute Gasteiger partial charge is 0.0901 e. The Hall–Kier alpha value is -1.91. The predicted octanol–water partition coefficient (Wildman–Crippen LogP) is 3.98. The first-order valence-electron chi connectivity index (χ1n) is 7.25. The lowest BCUT2D eigenvalue weighted by Crippen LogP contribution is -2.19. The molecule has 0 fully saturated rings. The number of nitrogens with zero attached hydrogens (tertiary/aromatic N) is 1. The number of hydrogen-bond acceptors (Lipinski definition) is 3. The highest BCUT2D eigenvalue weighted by atomic mass is 32.1. The standard InChI is InChI=1S/C17H17N3S/c1-11-20-17(10-21-11)13-2-3-16-14(8-13)15(9-19-16)12-4-6-18-7-5-12/h2-4,8-10,18-19H,5-7H2,1H3. The first-order chi connectivity index (χ1) is 10.3. The normalized spacial score (nSPS) is 15.4. The van der Waals surface area contributed by atoms with Gasteiger partial charge in [-0.2, -0.15) is 0 Å². The second kappa shape index (κ2) is 5.13. The average Bonchev–Trinajstić information content (AvgIpc) is 3.13. The van der Waals surface area contributed by atoms with E-state index in [1.54, 1.807) is 11.3 Å². The number of hydrogen-bond donors (Lipinski definition) is 2. The number of rotatable bonds is 2. The van der Waals surface area contributed by atoms with Gasteiger partial charge in [0.05, 0.1) is 10.7 Å². The molecule has 2 N–H and O–H groups in total. The van der Waals surface area contributed by atoms with Crippen molar-refractivity contribution in [3.8, 4) is 11.3 Å². The Bertz CT molecular complexity index is 826. The van der Waals surface area contributed by atoms with Crippen molar-refractivity contribution in [1.82, 2.24) is 15.3 Å². The van der Waals surface area contributed by atoms with Crippen LogP contribution in [0.4, 0.5) is 0 Å². The van der Waals surface area contributed by atoms with E-state index in [-0.39, 0.29) is 0 Å². The van der Waals surface area contributed by atoms with Gasteiger partial charge in [0.1, 0.15) is 0 Å². The van der Waals surface area contributed by atoms with Crippen LogP contribution in [0.25, 0.3) is 27.7 Å². The number of fused-ring (bicyclic) bond motifs is 1. The summed E-state index contributed by atoms with van der Waals surface area (Å²) in [6.45, 7) is 4.07. The first kappa shape index (κ1) is 12.8. The number of aromatic nitrogens is 2. The Morgan fingerprint density at radius 2 is 2.24 bits per heavy atom. The van der Waals surface area contributed by atoms with Crippen LogP contribution in [0.1, 0.15) is 17.0 Å². The predicted molar refractivity (Wildman–Crippen MR) is 89.6 cm³/mol. The largest absolute Gasteiger partial charge is 0.361 e. The van der Waals surface area contributed by atoms with Crippen LogP contribution in [-0.4, -0.2) is 23.1 Å². The second-order valence-electron chi connectivity index (χ2n) is 5.40. The van der Waals surface area contributed by atoms with Crippen molar-refractivity contribution in [3.63, 3.8) is 0 Å². The highest BCUT2D eigenvalue weighted by molar-refractivity contribution is 7.09. The zero-order chi connectivity index (χ0) is 14.2. The van der Waals surface area contributed by atoms with Crippen molar-refractivity contribution in [2.24, 2.45) is 0 Å². The quantitative estimate of drug-likeness (QED) is 0.751. The van der Waals surface area contributed by atoms with E-state index in [0.29, 0.717) is 0 Å². The molecule has 0 spiro atoms. The minimum Gasteiger partial charge on any atom is -0.361 e. The van der Waals surface area contributed by atoms with E-state index in [1.807, 2.05) is 6.92 Å². The Morgan fingerprint density at radius 1 is 1.29 bits per heavy atom. The number of thiazole rings is 1. The van der Waals surface area contributed by atoms with Crippen molar-refractivity contribution in [2.45, 2.75) is 13.3 Å². The van der Waals surface area contributed by atoms with Crippen LogP contribution in [0.15, 0.2) is 35.9 Å². The number of H-pyrrole nitrogens is 1. The maximum absolute atomic E-state index is 4.60. The van der Waals surface area contributed by atoms with E-state index in [2.05, 4.69) is 51.1 Å². The van der Waals surface area contributed by atoms with Gasteiger partial charge in [-0.15, -0.1) is 11.3 Å². The summed E-state index contributed by atoms with van der Waals surface area (Å²) >= 11 is 1.70. The fraction of sp³-hybridized carbons (Fsp3) is 0.235. The molecule has 0 atom stereocenters. The summed E-state index contributed by atoms with van der Waals surface area (Å²) in [4.78, 5) is 7.99. The van der Waals surface area contributed by atoms with E-state index >= 15 is 0 Å². The highest BCUT2D eigenvalue weighted by Crippen LogP contribution is 2.31. The van der Waals surface area contributed by atoms with Gasteiger partial charge in [0.25, 0.3) is 0 Å². The molecule has 0 aliphatic carbocycles. The number of aromatic amines is 1. The van der Waals surface area contributed by atoms with E-state index in [4.69, 9.17) is 0 Å². The van der Waals surface area contributed by atoms with Crippen LogP contribution in [0.3, 0.4) is 0 Å². The third kappa shape index (κ3) is 2.30. The van der Waals surface area contributed by atoms with Crippen LogP contribution >= 0.6 is 11.3 Å². The van der Waals surface area contributed by atoms with Crippen molar-refractivity contribution in [3.05, 3.63) is 46.4 Å². The fourth-order valence-electron chi connectivity index (χ4n) is 2.91. The Labute approximate surface area is 127 Å². The van der Waals surface area contributed by atoms with Gasteiger partial charge in [-0.3, -0.25) is 0 Å². The summed E-state index contributed by atoms with van der Waals surface area (Å²) in [7, 11) is 0. The highest BCUT2D eigenvalue weighted by Gasteiger charge is 2.12. The van der Waals surface area contributed by atoms with Crippen LogP contribution in [-0.2, 0) is 0 Å². The molecule has 106 valence electrons. The van der Waals surface area contributed by atoms with E-state index < -0.39 is 0 Å². The van der Waals surface area contributed by atoms with Crippen LogP contribution in [0.2, 0.25) is 0 Å². The molecule has 21 heavy (non-hydrogen) atoms. The molecule has 2 aromatic heterocycles. The third-order valence-corrected chi connectivity index (χ3v) is 4.78. The molecule has 3 heterocycles. The molecule has 0 saturated heterocycles. The Balaban J connectivity index is 1.84. The first-order valence-corrected chi connectivity index (χ1v) is 8.13. The van der Waals surface area contributed by atoms with Crippen LogP contribution < -0.4 is 5.32 Å². The number of benzene rings is 1. The number of nitrogens with one attached hydrogen (secondary N) is 2.